The topological polar surface area (TPSA) is 66.5 Å². The van der Waals surface area contributed by atoms with Crippen LogP contribution in [-0.2, 0) is 16.2 Å². The first-order chi connectivity index (χ1) is 14.5. The van der Waals surface area contributed by atoms with E-state index in [1.165, 1.54) is 37.4 Å². The summed E-state index contributed by atoms with van der Waals surface area (Å²) in [6.07, 6.45) is -4.47. The van der Waals surface area contributed by atoms with E-state index < -0.39 is 27.7 Å². The van der Waals surface area contributed by atoms with Gasteiger partial charge in [-0.15, -0.1) is 0 Å². The molecule has 0 aliphatic carbocycles. The van der Waals surface area contributed by atoms with Crippen molar-refractivity contribution in [3.8, 4) is 0 Å². The van der Waals surface area contributed by atoms with Crippen LogP contribution in [-0.4, -0.2) is 21.4 Å². The Bertz CT molecular complexity index is 1190. The number of benzene rings is 3. The van der Waals surface area contributed by atoms with Gasteiger partial charge in [-0.25, -0.2) is 8.42 Å². The third-order valence-corrected chi connectivity index (χ3v) is 6.42. The maximum atomic E-state index is 12.9. The molecule has 1 N–H and O–H groups in total. The Labute approximate surface area is 178 Å². The van der Waals surface area contributed by atoms with E-state index in [1.807, 2.05) is 6.92 Å². The van der Waals surface area contributed by atoms with Gasteiger partial charge in [-0.1, -0.05) is 23.8 Å². The van der Waals surface area contributed by atoms with E-state index in [9.17, 15) is 26.4 Å². The van der Waals surface area contributed by atoms with E-state index in [0.717, 1.165) is 34.1 Å². The van der Waals surface area contributed by atoms with E-state index >= 15 is 0 Å². The third-order valence-electron chi connectivity index (χ3n) is 4.62. The van der Waals surface area contributed by atoms with E-state index in [0.29, 0.717) is 0 Å². The number of halogens is 3. The van der Waals surface area contributed by atoms with Gasteiger partial charge >= 0.3 is 6.18 Å². The van der Waals surface area contributed by atoms with Gasteiger partial charge in [0, 0.05) is 18.3 Å². The van der Waals surface area contributed by atoms with E-state index in [1.54, 1.807) is 18.2 Å². The SMILES string of the molecule is Cc1ccc(S(=O)(=O)N(C)c2cccc(C(=O)Nc3ccc(C(F)(F)F)cc3)c2)cc1. The monoisotopic (exact) mass is 448 g/mol. The van der Waals surface area contributed by atoms with Crippen LogP contribution in [0.4, 0.5) is 24.5 Å². The van der Waals surface area contributed by atoms with Crippen LogP contribution in [0.25, 0.3) is 0 Å². The van der Waals surface area contributed by atoms with Crippen molar-refractivity contribution in [2.24, 2.45) is 0 Å². The van der Waals surface area contributed by atoms with Gasteiger partial charge in [0.1, 0.15) is 0 Å². The van der Waals surface area contributed by atoms with Crippen LogP contribution >= 0.6 is 0 Å². The fourth-order valence-electron chi connectivity index (χ4n) is 2.80. The van der Waals surface area contributed by atoms with Crippen molar-refractivity contribution in [1.82, 2.24) is 0 Å². The van der Waals surface area contributed by atoms with E-state index in [2.05, 4.69) is 5.32 Å². The molecule has 0 spiro atoms. The number of alkyl halides is 3. The molecule has 0 fully saturated rings. The number of sulfonamides is 1. The number of nitrogens with one attached hydrogen (secondary N) is 1. The summed E-state index contributed by atoms with van der Waals surface area (Å²) in [4.78, 5) is 12.6. The van der Waals surface area contributed by atoms with Crippen molar-refractivity contribution >= 4 is 27.3 Å². The van der Waals surface area contributed by atoms with E-state index in [-0.39, 0.29) is 21.8 Å². The second-order valence-electron chi connectivity index (χ2n) is 6.87. The van der Waals surface area contributed by atoms with Gasteiger partial charge in [-0.2, -0.15) is 13.2 Å². The molecule has 162 valence electrons. The Morgan fingerprint density at radius 1 is 0.935 bits per heavy atom. The molecular weight excluding hydrogens is 429 g/mol. The predicted molar refractivity (Wildman–Crippen MR) is 113 cm³/mol. The Balaban J connectivity index is 1.80. The van der Waals surface area contributed by atoms with Crippen molar-refractivity contribution in [2.45, 2.75) is 18.0 Å². The van der Waals surface area contributed by atoms with Gasteiger partial charge in [0.2, 0.25) is 0 Å². The lowest BCUT2D eigenvalue weighted by molar-refractivity contribution is -0.137. The summed E-state index contributed by atoms with van der Waals surface area (Å²) in [5, 5.41) is 2.51. The summed E-state index contributed by atoms with van der Waals surface area (Å²) in [5.74, 6) is -0.581. The number of aryl methyl sites for hydroxylation is 1. The fraction of sp³-hybridized carbons (Fsp3) is 0.136. The molecule has 0 atom stereocenters. The molecule has 0 aromatic heterocycles. The largest absolute Gasteiger partial charge is 0.416 e. The second kappa shape index (κ2) is 8.43. The van der Waals surface area contributed by atoms with Crippen LogP contribution in [0.5, 0.6) is 0 Å². The first kappa shape index (κ1) is 22.4. The van der Waals surface area contributed by atoms with Crippen LogP contribution in [0.3, 0.4) is 0 Å². The van der Waals surface area contributed by atoms with Crippen molar-refractivity contribution in [2.75, 3.05) is 16.7 Å². The molecule has 1 amide bonds. The molecule has 0 heterocycles. The van der Waals surface area contributed by atoms with Gasteiger partial charge in [-0.05, 0) is 61.5 Å². The first-order valence-corrected chi connectivity index (χ1v) is 10.6. The van der Waals surface area contributed by atoms with E-state index in [4.69, 9.17) is 0 Å². The van der Waals surface area contributed by atoms with Gasteiger partial charge in [-0.3, -0.25) is 9.10 Å². The minimum atomic E-state index is -4.47. The summed E-state index contributed by atoms with van der Waals surface area (Å²) in [7, 11) is -2.46. The van der Waals surface area contributed by atoms with Gasteiger partial charge in [0.15, 0.2) is 0 Å². The van der Waals surface area contributed by atoms with Crippen molar-refractivity contribution in [1.29, 1.82) is 0 Å². The molecule has 0 aliphatic heterocycles. The summed E-state index contributed by atoms with van der Waals surface area (Å²) < 4.78 is 64.8. The number of nitrogens with zero attached hydrogens (tertiary/aromatic N) is 1. The molecule has 9 heteroatoms. The zero-order valence-electron chi connectivity index (χ0n) is 16.6. The minimum absolute atomic E-state index is 0.111. The molecule has 0 radical (unpaired) electrons. The summed E-state index contributed by atoms with van der Waals surface area (Å²) in [6, 6.07) is 16.4. The molecule has 0 unspecified atom stereocenters. The molecule has 3 aromatic carbocycles. The highest BCUT2D eigenvalue weighted by Gasteiger charge is 2.30. The molecule has 0 aliphatic rings. The summed E-state index contributed by atoms with van der Waals surface area (Å²) in [6.45, 7) is 1.85. The molecule has 31 heavy (non-hydrogen) atoms. The highest BCUT2D eigenvalue weighted by Crippen LogP contribution is 2.30. The minimum Gasteiger partial charge on any atom is -0.322 e. The maximum Gasteiger partial charge on any atom is 0.416 e. The van der Waals surface area contributed by atoms with Gasteiger partial charge < -0.3 is 5.32 Å². The maximum absolute atomic E-state index is 12.9. The quantitative estimate of drug-likeness (QED) is 0.591. The standard InChI is InChI=1S/C22H19F3N2O3S/c1-15-6-12-20(13-7-15)31(29,30)27(2)19-5-3-4-16(14-19)21(28)26-18-10-8-17(9-11-18)22(23,24)25/h3-14H,1-2H3,(H,26,28). The van der Waals surface area contributed by atoms with Crippen LogP contribution < -0.4 is 9.62 Å². The second-order valence-corrected chi connectivity index (χ2v) is 8.83. The first-order valence-electron chi connectivity index (χ1n) is 9.13. The Hall–Kier alpha value is -3.33. The number of anilines is 2. The van der Waals surface area contributed by atoms with Gasteiger partial charge in [0.25, 0.3) is 15.9 Å². The lowest BCUT2D eigenvalue weighted by atomic mass is 10.1. The molecule has 0 saturated carbocycles. The number of hydrogen-bond donors (Lipinski definition) is 1. The smallest absolute Gasteiger partial charge is 0.322 e. The molecule has 5 nitrogen and oxygen atoms in total. The fourth-order valence-corrected chi connectivity index (χ4v) is 3.98. The zero-order valence-corrected chi connectivity index (χ0v) is 17.5. The van der Waals surface area contributed by atoms with Crippen LogP contribution in [0.1, 0.15) is 21.5 Å². The van der Waals surface area contributed by atoms with Crippen molar-refractivity contribution < 1.29 is 26.4 Å². The van der Waals surface area contributed by atoms with Crippen LogP contribution in [0, 0.1) is 6.92 Å². The van der Waals surface area contributed by atoms with Crippen LogP contribution in [0.15, 0.2) is 77.7 Å². The third kappa shape index (κ3) is 5.05. The van der Waals surface area contributed by atoms with Crippen LogP contribution in [0.2, 0.25) is 0 Å². The highest BCUT2D eigenvalue weighted by atomic mass is 32.2. The molecular formula is C22H19F3N2O3S. The lowest BCUT2D eigenvalue weighted by Crippen LogP contribution is -2.26. The average molecular weight is 448 g/mol. The van der Waals surface area contributed by atoms with Crippen molar-refractivity contribution in [3.63, 3.8) is 0 Å². The average Bonchev–Trinajstić information content (AvgIpc) is 2.73. The number of carbonyl (C=O) groups excluding carboxylic acids is 1. The summed E-state index contributed by atoms with van der Waals surface area (Å²) >= 11 is 0. The Morgan fingerprint density at radius 3 is 2.13 bits per heavy atom. The number of carbonyl (C=O) groups is 1. The Morgan fingerprint density at radius 2 is 1.55 bits per heavy atom. The van der Waals surface area contributed by atoms with Gasteiger partial charge in [0.05, 0.1) is 16.1 Å². The normalized spacial score (nSPS) is 11.8. The zero-order chi connectivity index (χ0) is 22.8. The Kier molecular flexibility index (Phi) is 6.08. The molecule has 3 rings (SSSR count). The molecule has 0 saturated heterocycles. The molecule has 0 bridgehead atoms. The number of amides is 1. The summed E-state index contributed by atoms with van der Waals surface area (Å²) in [5.41, 5.74) is 0.701. The highest BCUT2D eigenvalue weighted by molar-refractivity contribution is 7.92. The number of rotatable bonds is 5. The lowest BCUT2D eigenvalue weighted by Gasteiger charge is -2.20. The van der Waals surface area contributed by atoms with Crippen molar-refractivity contribution in [3.05, 3.63) is 89.5 Å². The molecule has 3 aromatic rings. The predicted octanol–water partition coefficient (Wildman–Crippen LogP) is 5.09. The number of hydrogen-bond acceptors (Lipinski definition) is 3.